The van der Waals surface area contributed by atoms with E-state index in [-0.39, 0.29) is 10.7 Å². The quantitative estimate of drug-likeness (QED) is 0.637. The number of benzene rings is 2. The van der Waals surface area contributed by atoms with Gasteiger partial charge in [-0.25, -0.2) is 0 Å². The van der Waals surface area contributed by atoms with Crippen molar-refractivity contribution >= 4 is 23.0 Å². The van der Waals surface area contributed by atoms with Crippen LogP contribution in [0.25, 0.3) is 0 Å². The number of anilines is 1. The zero-order chi connectivity index (χ0) is 15.4. The highest BCUT2D eigenvalue weighted by Gasteiger charge is 2.13. The van der Waals surface area contributed by atoms with Crippen LogP contribution in [0.5, 0.6) is 0 Å². The lowest BCUT2D eigenvalue weighted by molar-refractivity contribution is -0.384. The zero-order valence-electron chi connectivity index (χ0n) is 11.3. The van der Waals surface area contributed by atoms with Crippen LogP contribution >= 0.6 is 11.6 Å². The lowest BCUT2D eigenvalue weighted by atomic mass is 10.1. The standard InChI is InChI=1S/C15H12ClN3O2/c1-18(13-4-2-3-11(7-13)9-17)10-12-5-6-14(16)15(8-12)19(20)21/h2-8H,10H2,1H3. The average molecular weight is 302 g/mol. The molecule has 0 fully saturated rings. The molecule has 6 heteroatoms. The van der Waals surface area contributed by atoms with Gasteiger partial charge in [-0.15, -0.1) is 0 Å². The van der Waals surface area contributed by atoms with E-state index in [1.54, 1.807) is 24.3 Å². The minimum absolute atomic E-state index is 0.103. The van der Waals surface area contributed by atoms with Gasteiger partial charge in [0.05, 0.1) is 16.6 Å². The van der Waals surface area contributed by atoms with E-state index in [0.29, 0.717) is 12.1 Å². The van der Waals surface area contributed by atoms with Gasteiger partial charge in [-0.2, -0.15) is 5.26 Å². The van der Waals surface area contributed by atoms with Crippen LogP contribution in [0.1, 0.15) is 11.1 Å². The first kappa shape index (κ1) is 14.8. The number of nitriles is 1. The van der Waals surface area contributed by atoms with Gasteiger partial charge in [0.15, 0.2) is 0 Å². The molecule has 0 aromatic heterocycles. The Balaban J connectivity index is 2.23. The second-order valence-corrected chi connectivity index (χ2v) is 4.97. The number of rotatable bonds is 4. The predicted molar refractivity (Wildman–Crippen MR) is 81.4 cm³/mol. The Kier molecular flexibility index (Phi) is 4.41. The van der Waals surface area contributed by atoms with Gasteiger partial charge in [0, 0.05) is 25.3 Å². The van der Waals surface area contributed by atoms with Gasteiger partial charge in [-0.05, 0) is 29.8 Å². The lowest BCUT2D eigenvalue weighted by Gasteiger charge is -2.19. The molecule has 0 aliphatic carbocycles. The third-order valence-electron chi connectivity index (χ3n) is 3.04. The maximum Gasteiger partial charge on any atom is 0.288 e. The molecule has 0 radical (unpaired) electrons. The number of hydrogen-bond donors (Lipinski definition) is 0. The Hall–Kier alpha value is -2.58. The van der Waals surface area contributed by atoms with E-state index in [0.717, 1.165) is 11.3 Å². The van der Waals surface area contributed by atoms with Gasteiger partial charge in [-0.1, -0.05) is 23.7 Å². The number of nitro benzene ring substituents is 1. The lowest BCUT2D eigenvalue weighted by Crippen LogP contribution is -2.16. The molecule has 0 saturated heterocycles. The fourth-order valence-corrected chi connectivity index (χ4v) is 2.16. The fraction of sp³-hybridized carbons (Fsp3) is 0.133. The second kappa shape index (κ2) is 6.25. The molecule has 0 N–H and O–H groups in total. The second-order valence-electron chi connectivity index (χ2n) is 4.56. The third-order valence-corrected chi connectivity index (χ3v) is 3.36. The van der Waals surface area contributed by atoms with Gasteiger partial charge in [-0.3, -0.25) is 10.1 Å². The molecule has 0 spiro atoms. The van der Waals surface area contributed by atoms with E-state index in [2.05, 4.69) is 6.07 Å². The van der Waals surface area contributed by atoms with Crippen molar-refractivity contribution in [1.29, 1.82) is 5.26 Å². The molecule has 0 aliphatic rings. The minimum Gasteiger partial charge on any atom is -0.370 e. The number of nitro groups is 1. The summed E-state index contributed by atoms with van der Waals surface area (Å²) in [6.45, 7) is 0.479. The molecule has 0 bridgehead atoms. The minimum atomic E-state index is -0.498. The van der Waals surface area contributed by atoms with Crippen LogP contribution in [0.4, 0.5) is 11.4 Å². The Morgan fingerprint density at radius 2 is 2.10 bits per heavy atom. The van der Waals surface area contributed by atoms with Crippen molar-refractivity contribution < 1.29 is 4.92 Å². The van der Waals surface area contributed by atoms with Crippen molar-refractivity contribution in [2.75, 3.05) is 11.9 Å². The summed E-state index contributed by atoms with van der Waals surface area (Å²) >= 11 is 5.79. The van der Waals surface area contributed by atoms with Gasteiger partial charge in [0.2, 0.25) is 0 Å². The highest BCUT2D eigenvalue weighted by atomic mass is 35.5. The first-order valence-corrected chi connectivity index (χ1v) is 6.53. The molecule has 0 unspecified atom stereocenters. The Bertz CT molecular complexity index is 725. The first-order valence-electron chi connectivity index (χ1n) is 6.15. The molecule has 106 valence electrons. The van der Waals surface area contributed by atoms with Gasteiger partial charge in [0.1, 0.15) is 5.02 Å². The van der Waals surface area contributed by atoms with Crippen molar-refractivity contribution in [2.24, 2.45) is 0 Å². The van der Waals surface area contributed by atoms with E-state index in [1.807, 2.05) is 18.0 Å². The molecule has 2 aromatic carbocycles. The third kappa shape index (κ3) is 3.50. The highest BCUT2D eigenvalue weighted by molar-refractivity contribution is 6.32. The summed E-state index contributed by atoms with van der Waals surface area (Å²) in [5.41, 5.74) is 2.11. The summed E-state index contributed by atoms with van der Waals surface area (Å²) < 4.78 is 0. The first-order chi connectivity index (χ1) is 10.0. The fourth-order valence-electron chi connectivity index (χ4n) is 1.97. The Labute approximate surface area is 127 Å². The molecule has 0 heterocycles. The van der Waals surface area contributed by atoms with Crippen molar-refractivity contribution in [3.63, 3.8) is 0 Å². The molecule has 0 aliphatic heterocycles. The van der Waals surface area contributed by atoms with Crippen LogP contribution in [0.3, 0.4) is 0 Å². The summed E-state index contributed by atoms with van der Waals surface area (Å²) in [6, 6.07) is 14.0. The topological polar surface area (TPSA) is 70.2 Å². The van der Waals surface area contributed by atoms with E-state index >= 15 is 0 Å². The van der Waals surface area contributed by atoms with Gasteiger partial charge in [0.25, 0.3) is 5.69 Å². The van der Waals surface area contributed by atoms with Gasteiger partial charge < -0.3 is 4.90 Å². The van der Waals surface area contributed by atoms with Crippen molar-refractivity contribution in [3.05, 3.63) is 68.7 Å². The van der Waals surface area contributed by atoms with Gasteiger partial charge >= 0.3 is 0 Å². The van der Waals surface area contributed by atoms with Crippen LogP contribution in [0.2, 0.25) is 5.02 Å². The molecule has 5 nitrogen and oxygen atoms in total. The van der Waals surface area contributed by atoms with Crippen LogP contribution in [-0.4, -0.2) is 12.0 Å². The molecular formula is C15H12ClN3O2. The van der Waals surface area contributed by atoms with Crippen LogP contribution in [-0.2, 0) is 6.54 Å². The maximum atomic E-state index is 10.9. The monoisotopic (exact) mass is 301 g/mol. The number of halogens is 1. The van der Waals surface area contributed by atoms with E-state index in [1.165, 1.54) is 12.1 Å². The molecule has 2 aromatic rings. The van der Waals surface area contributed by atoms with Crippen molar-refractivity contribution in [3.8, 4) is 6.07 Å². The van der Waals surface area contributed by atoms with Crippen LogP contribution in [0, 0.1) is 21.4 Å². The summed E-state index contributed by atoms with van der Waals surface area (Å²) in [4.78, 5) is 12.3. The summed E-state index contributed by atoms with van der Waals surface area (Å²) in [7, 11) is 1.86. The molecule has 21 heavy (non-hydrogen) atoms. The van der Waals surface area contributed by atoms with E-state index in [9.17, 15) is 10.1 Å². The SMILES string of the molecule is CN(Cc1ccc(Cl)c([N+](=O)[O-])c1)c1cccc(C#N)c1. The summed E-state index contributed by atoms with van der Waals surface area (Å²) in [6.07, 6.45) is 0. The van der Waals surface area contributed by atoms with Crippen LogP contribution < -0.4 is 4.90 Å². The molecule has 0 amide bonds. The van der Waals surface area contributed by atoms with E-state index in [4.69, 9.17) is 16.9 Å². The number of hydrogen-bond acceptors (Lipinski definition) is 4. The average Bonchev–Trinajstić information content (AvgIpc) is 2.49. The predicted octanol–water partition coefficient (Wildman–Crippen LogP) is 3.76. The smallest absolute Gasteiger partial charge is 0.288 e. The summed E-state index contributed by atoms with van der Waals surface area (Å²) in [5.74, 6) is 0. The zero-order valence-corrected chi connectivity index (χ0v) is 12.0. The van der Waals surface area contributed by atoms with Crippen molar-refractivity contribution in [2.45, 2.75) is 6.54 Å². The van der Waals surface area contributed by atoms with E-state index < -0.39 is 4.92 Å². The van der Waals surface area contributed by atoms with Crippen LogP contribution in [0.15, 0.2) is 42.5 Å². The Morgan fingerprint density at radius 3 is 2.76 bits per heavy atom. The highest BCUT2D eigenvalue weighted by Crippen LogP contribution is 2.26. The molecular weight excluding hydrogens is 290 g/mol. The molecule has 0 saturated carbocycles. The summed E-state index contributed by atoms with van der Waals surface area (Å²) in [5, 5.41) is 19.9. The Morgan fingerprint density at radius 1 is 1.33 bits per heavy atom. The van der Waals surface area contributed by atoms with Crippen molar-refractivity contribution in [1.82, 2.24) is 0 Å². The largest absolute Gasteiger partial charge is 0.370 e. The molecule has 0 atom stereocenters. The maximum absolute atomic E-state index is 10.9. The normalized spacial score (nSPS) is 9.95. The number of nitrogens with zero attached hydrogens (tertiary/aromatic N) is 3. The molecule has 2 rings (SSSR count).